The van der Waals surface area contributed by atoms with Gasteiger partial charge in [0.1, 0.15) is 23.2 Å². The molecule has 3 nitrogen and oxygen atoms in total. The summed E-state index contributed by atoms with van der Waals surface area (Å²) in [5.41, 5.74) is 0.440. The second-order valence-corrected chi connectivity index (χ2v) is 5.21. The molecule has 0 saturated heterocycles. The molecule has 0 amide bonds. The number of halogens is 1. The molecule has 0 N–H and O–H groups in total. The smallest absolute Gasteiger partial charge is 0.206 e. The Kier molecular flexibility index (Phi) is 5.27. The van der Waals surface area contributed by atoms with Crippen LogP contribution in [0.5, 0.6) is 5.75 Å². The number of ketones is 1. The minimum Gasteiger partial charge on any atom is -0.491 e. The lowest BCUT2D eigenvalue weighted by atomic mass is 10.0. The van der Waals surface area contributed by atoms with Gasteiger partial charge >= 0.3 is 0 Å². The molecule has 0 aliphatic carbocycles. The molecule has 116 valence electrons. The standard InChI is InChI=1S/C19H16FNO2/c1-13(2)23-16-9-7-14(8-10-16)11-15(12-21)19(22)17-5-3-4-6-18(17)20/h3-11,13H,1-2H3/b15-11-. The van der Waals surface area contributed by atoms with E-state index in [9.17, 15) is 14.4 Å². The Balaban J connectivity index is 2.27. The molecule has 0 radical (unpaired) electrons. The molecule has 2 aromatic rings. The lowest BCUT2D eigenvalue weighted by Gasteiger charge is -2.09. The lowest BCUT2D eigenvalue weighted by Crippen LogP contribution is -2.05. The third-order valence-electron chi connectivity index (χ3n) is 3.05. The number of benzene rings is 2. The van der Waals surface area contributed by atoms with Gasteiger partial charge in [0.05, 0.1) is 11.7 Å². The molecule has 0 unspecified atom stereocenters. The lowest BCUT2D eigenvalue weighted by molar-refractivity contribution is 0.103. The quantitative estimate of drug-likeness (QED) is 0.467. The van der Waals surface area contributed by atoms with Gasteiger partial charge in [0.25, 0.3) is 0 Å². The topological polar surface area (TPSA) is 50.1 Å². The average Bonchev–Trinajstić information content (AvgIpc) is 2.53. The fourth-order valence-electron chi connectivity index (χ4n) is 2.02. The first-order valence-corrected chi connectivity index (χ1v) is 7.19. The molecule has 0 fully saturated rings. The predicted octanol–water partition coefficient (Wildman–Crippen LogP) is 4.40. The molecule has 4 heteroatoms. The first-order chi connectivity index (χ1) is 11.0. The van der Waals surface area contributed by atoms with E-state index in [-0.39, 0.29) is 17.2 Å². The Morgan fingerprint density at radius 2 is 1.83 bits per heavy atom. The van der Waals surface area contributed by atoms with Crippen molar-refractivity contribution in [2.45, 2.75) is 20.0 Å². The van der Waals surface area contributed by atoms with E-state index in [1.54, 1.807) is 30.3 Å². The van der Waals surface area contributed by atoms with E-state index < -0.39 is 11.6 Å². The summed E-state index contributed by atoms with van der Waals surface area (Å²) in [6.07, 6.45) is 1.50. The van der Waals surface area contributed by atoms with Crippen molar-refractivity contribution < 1.29 is 13.9 Å². The van der Waals surface area contributed by atoms with Crippen LogP contribution in [0, 0.1) is 17.1 Å². The normalized spacial score (nSPS) is 11.2. The number of hydrogen-bond acceptors (Lipinski definition) is 3. The van der Waals surface area contributed by atoms with E-state index in [1.807, 2.05) is 19.9 Å². The second kappa shape index (κ2) is 7.37. The SMILES string of the molecule is CC(C)Oc1ccc(/C=C(/C#N)C(=O)c2ccccc2F)cc1. The van der Waals surface area contributed by atoms with Gasteiger partial charge in [-0.15, -0.1) is 0 Å². The van der Waals surface area contributed by atoms with Crippen molar-refractivity contribution in [3.8, 4) is 11.8 Å². The van der Waals surface area contributed by atoms with Crippen LogP contribution in [0.15, 0.2) is 54.1 Å². The molecule has 2 aromatic carbocycles. The fourth-order valence-corrected chi connectivity index (χ4v) is 2.02. The van der Waals surface area contributed by atoms with Gasteiger partial charge < -0.3 is 4.74 Å². The minimum atomic E-state index is -0.640. The van der Waals surface area contributed by atoms with Crippen molar-refractivity contribution in [2.75, 3.05) is 0 Å². The van der Waals surface area contributed by atoms with Gasteiger partial charge in [0.2, 0.25) is 5.78 Å². The second-order valence-electron chi connectivity index (χ2n) is 5.21. The van der Waals surface area contributed by atoms with Crippen LogP contribution in [-0.4, -0.2) is 11.9 Å². The van der Waals surface area contributed by atoms with Gasteiger partial charge in [-0.05, 0) is 49.8 Å². The van der Waals surface area contributed by atoms with Gasteiger partial charge in [0.15, 0.2) is 0 Å². The summed E-state index contributed by atoms with van der Waals surface area (Å²) in [5, 5.41) is 9.20. The molecule has 0 bridgehead atoms. The summed E-state index contributed by atoms with van der Waals surface area (Å²) in [7, 11) is 0. The van der Waals surface area contributed by atoms with E-state index in [2.05, 4.69) is 0 Å². The van der Waals surface area contributed by atoms with Crippen LogP contribution in [0.1, 0.15) is 29.8 Å². The Hall–Kier alpha value is -2.93. The maximum atomic E-state index is 13.7. The maximum Gasteiger partial charge on any atom is 0.206 e. The monoisotopic (exact) mass is 309 g/mol. The first kappa shape index (κ1) is 16.4. The van der Waals surface area contributed by atoms with Crippen molar-refractivity contribution in [3.05, 3.63) is 71.0 Å². The van der Waals surface area contributed by atoms with Crippen molar-refractivity contribution in [1.29, 1.82) is 5.26 Å². The number of hydrogen-bond donors (Lipinski definition) is 0. The third-order valence-corrected chi connectivity index (χ3v) is 3.05. The number of allylic oxidation sites excluding steroid dienone is 1. The highest BCUT2D eigenvalue weighted by atomic mass is 19.1. The molecule has 0 atom stereocenters. The van der Waals surface area contributed by atoms with E-state index >= 15 is 0 Å². The number of Topliss-reactive ketones (excluding diaryl/α,β-unsaturated/α-hetero) is 1. The fraction of sp³-hybridized carbons (Fsp3) is 0.158. The summed E-state index contributed by atoms with van der Waals surface area (Å²) in [6.45, 7) is 3.85. The van der Waals surface area contributed by atoms with E-state index in [0.29, 0.717) is 11.3 Å². The number of carbonyl (C=O) groups excluding carboxylic acids is 1. The molecule has 0 aliphatic rings. The zero-order chi connectivity index (χ0) is 16.8. The molecule has 23 heavy (non-hydrogen) atoms. The van der Waals surface area contributed by atoms with Crippen LogP contribution < -0.4 is 4.74 Å². The van der Waals surface area contributed by atoms with E-state index in [0.717, 1.165) is 0 Å². The molecule has 0 aliphatic heterocycles. The Labute approximate surface area is 134 Å². The van der Waals surface area contributed by atoms with Crippen molar-refractivity contribution in [1.82, 2.24) is 0 Å². The molecule has 0 saturated carbocycles. The molecular formula is C19H16FNO2. The van der Waals surface area contributed by atoms with Crippen LogP contribution in [0.4, 0.5) is 4.39 Å². The summed E-state index contributed by atoms with van der Waals surface area (Å²) < 4.78 is 19.2. The van der Waals surface area contributed by atoms with Gasteiger partial charge in [0, 0.05) is 0 Å². The predicted molar refractivity (Wildman–Crippen MR) is 86.5 cm³/mol. The van der Waals surface area contributed by atoms with Crippen LogP contribution in [0.3, 0.4) is 0 Å². The maximum absolute atomic E-state index is 13.7. The Bertz CT molecular complexity index is 771. The number of ether oxygens (including phenoxy) is 1. The Morgan fingerprint density at radius 3 is 2.39 bits per heavy atom. The number of nitrogens with zero attached hydrogens (tertiary/aromatic N) is 1. The van der Waals surface area contributed by atoms with E-state index in [4.69, 9.17) is 4.74 Å². The highest BCUT2D eigenvalue weighted by Crippen LogP contribution is 2.18. The van der Waals surface area contributed by atoms with Gasteiger partial charge in [-0.25, -0.2) is 4.39 Å². The minimum absolute atomic E-state index is 0.0636. The molecule has 0 spiro atoms. The zero-order valence-corrected chi connectivity index (χ0v) is 12.9. The summed E-state index contributed by atoms with van der Waals surface area (Å²) in [6, 6.07) is 14.4. The first-order valence-electron chi connectivity index (χ1n) is 7.19. The number of carbonyl (C=O) groups is 1. The van der Waals surface area contributed by atoms with E-state index in [1.165, 1.54) is 24.3 Å². The van der Waals surface area contributed by atoms with Crippen LogP contribution in [0.25, 0.3) is 6.08 Å². The summed E-state index contributed by atoms with van der Waals surface area (Å²) in [5.74, 6) is -0.566. The van der Waals surface area contributed by atoms with Gasteiger partial charge in [-0.1, -0.05) is 24.3 Å². The molecule has 0 heterocycles. The van der Waals surface area contributed by atoms with Crippen LogP contribution in [0.2, 0.25) is 0 Å². The largest absolute Gasteiger partial charge is 0.491 e. The number of rotatable bonds is 5. The van der Waals surface area contributed by atoms with Gasteiger partial charge in [-0.3, -0.25) is 4.79 Å². The number of nitriles is 1. The van der Waals surface area contributed by atoms with Crippen molar-refractivity contribution in [3.63, 3.8) is 0 Å². The average molecular weight is 309 g/mol. The van der Waals surface area contributed by atoms with Crippen LogP contribution >= 0.6 is 0 Å². The highest BCUT2D eigenvalue weighted by molar-refractivity contribution is 6.14. The van der Waals surface area contributed by atoms with Crippen molar-refractivity contribution >= 4 is 11.9 Å². The van der Waals surface area contributed by atoms with Crippen LogP contribution in [-0.2, 0) is 0 Å². The van der Waals surface area contributed by atoms with Crippen molar-refractivity contribution in [2.24, 2.45) is 0 Å². The summed E-state index contributed by atoms with van der Waals surface area (Å²) >= 11 is 0. The molecule has 2 rings (SSSR count). The summed E-state index contributed by atoms with van der Waals surface area (Å²) in [4.78, 5) is 12.3. The molecular weight excluding hydrogens is 293 g/mol. The molecule has 0 aromatic heterocycles. The third kappa shape index (κ3) is 4.27. The van der Waals surface area contributed by atoms with Gasteiger partial charge in [-0.2, -0.15) is 5.26 Å². The Morgan fingerprint density at radius 1 is 1.17 bits per heavy atom. The zero-order valence-electron chi connectivity index (χ0n) is 12.9. The highest BCUT2D eigenvalue weighted by Gasteiger charge is 2.15.